The monoisotopic (exact) mass is 573 g/mol. The number of aryl methyl sites for hydroxylation is 1. The van der Waals surface area contributed by atoms with E-state index in [0.717, 1.165) is 69.6 Å². The number of ether oxygens (including phenoxy) is 2. The van der Waals surface area contributed by atoms with E-state index in [1.54, 1.807) is 0 Å². The van der Waals surface area contributed by atoms with E-state index in [4.69, 9.17) is 9.47 Å². The summed E-state index contributed by atoms with van der Waals surface area (Å²) in [4.78, 5) is 9.48. The highest BCUT2D eigenvalue weighted by atomic mass is 127. The van der Waals surface area contributed by atoms with Gasteiger partial charge in [0.1, 0.15) is 5.75 Å². The molecule has 2 aliphatic rings. The fourth-order valence-corrected chi connectivity index (χ4v) is 4.41. The van der Waals surface area contributed by atoms with Crippen molar-refractivity contribution < 1.29 is 9.47 Å². The Labute approximate surface area is 217 Å². The predicted octanol–water partition coefficient (Wildman–Crippen LogP) is 2.97. The van der Waals surface area contributed by atoms with Gasteiger partial charge in [-0.3, -0.25) is 9.89 Å². The Hall–Kier alpha value is -1.10. The zero-order chi connectivity index (χ0) is 22.9. The summed E-state index contributed by atoms with van der Waals surface area (Å²) in [7, 11) is 4.04. The Morgan fingerprint density at radius 2 is 1.97 bits per heavy atom. The van der Waals surface area contributed by atoms with Crippen molar-refractivity contribution in [3.05, 3.63) is 29.3 Å². The van der Waals surface area contributed by atoms with Crippen LogP contribution < -0.4 is 15.4 Å². The second-order valence-corrected chi connectivity index (χ2v) is 9.61. The Kier molecular flexibility index (Phi) is 12.2. The van der Waals surface area contributed by atoms with Crippen LogP contribution in [0.5, 0.6) is 5.75 Å². The molecule has 0 aromatic heterocycles. The molecular formula is C25H44IN5O2. The van der Waals surface area contributed by atoms with Crippen LogP contribution >= 0.6 is 24.0 Å². The van der Waals surface area contributed by atoms with E-state index in [9.17, 15) is 0 Å². The molecule has 2 atom stereocenters. The third kappa shape index (κ3) is 8.88. The quantitative estimate of drug-likeness (QED) is 0.269. The van der Waals surface area contributed by atoms with Gasteiger partial charge in [0.2, 0.25) is 0 Å². The molecule has 2 fully saturated rings. The van der Waals surface area contributed by atoms with Gasteiger partial charge < -0.3 is 25.0 Å². The number of rotatable bonds is 9. The van der Waals surface area contributed by atoms with Crippen LogP contribution in [0, 0.1) is 18.8 Å². The first-order valence-corrected chi connectivity index (χ1v) is 12.1. The summed E-state index contributed by atoms with van der Waals surface area (Å²) in [6, 6.07) is 6.91. The van der Waals surface area contributed by atoms with Crippen LogP contribution in [0.3, 0.4) is 0 Å². The van der Waals surface area contributed by atoms with Crippen molar-refractivity contribution in [2.24, 2.45) is 16.8 Å². The molecule has 0 amide bonds. The number of hydrogen-bond acceptors (Lipinski definition) is 5. The number of piperazine rings is 1. The van der Waals surface area contributed by atoms with E-state index in [-0.39, 0.29) is 24.0 Å². The summed E-state index contributed by atoms with van der Waals surface area (Å²) >= 11 is 0. The molecule has 2 aliphatic heterocycles. The van der Waals surface area contributed by atoms with Crippen molar-refractivity contribution in [3.63, 3.8) is 0 Å². The lowest BCUT2D eigenvalue weighted by Gasteiger charge is -2.40. The molecule has 7 nitrogen and oxygen atoms in total. The number of benzene rings is 1. The van der Waals surface area contributed by atoms with Crippen LogP contribution in [0.1, 0.15) is 31.4 Å². The number of hydrogen-bond donors (Lipinski definition) is 2. The third-order valence-electron chi connectivity index (χ3n) is 6.65. The van der Waals surface area contributed by atoms with Crippen molar-refractivity contribution in [2.45, 2.75) is 39.8 Å². The number of likely N-dealkylation sites (N-methyl/N-ethyl adjacent to an activating group) is 1. The summed E-state index contributed by atoms with van der Waals surface area (Å²) in [5, 5.41) is 7.05. The number of nitrogens with zero attached hydrogens (tertiary/aromatic N) is 3. The maximum atomic E-state index is 6.19. The fraction of sp³-hybridized carbons (Fsp3) is 0.720. The molecule has 0 radical (unpaired) electrons. The van der Waals surface area contributed by atoms with Crippen LogP contribution in [-0.2, 0) is 11.3 Å². The van der Waals surface area contributed by atoms with Gasteiger partial charge in [0.15, 0.2) is 5.96 Å². The van der Waals surface area contributed by atoms with Crippen molar-refractivity contribution in [1.82, 2.24) is 20.4 Å². The lowest BCUT2D eigenvalue weighted by atomic mass is 10.0. The molecule has 0 saturated carbocycles. The molecule has 2 saturated heterocycles. The van der Waals surface area contributed by atoms with Gasteiger partial charge in [0.05, 0.1) is 13.2 Å². The first-order valence-electron chi connectivity index (χ1n) is 12.1. The van der Waals surface area contributed by atoms with Crippen LogP contribution in [-0.4, -0.2) is 88.4 Å². The number of halogens is 1. The summed E-state index contributed by atoms with van der Waals surface area (Å²) in [6.07, 6.45) is 1.08. The summed E-state index contributed by atoms with van der Waals surface area (Å²) in [6.45, 7) is 15.2. The minimum Gasteiger partial charge on any atom is -0.493 e. The molecule has 0 bridgehead atoms. The molecular weight excluding hydrogens is 529 g/mol. The standard InChI is InChI=1S/C25H43N5O2.HI/c1-19(2)23(30-11-9-29(5)10-12-30)16-28-25(26-4)27-15-22-7-6-20(3)14-24(22)32-18-21-8-13-31-17-21;/h6-7,14,19,21,23H,8-13,15-18H2,1-5H3,(H2,26,27,28);1H. The Morgan fingerprint density at radius 3 is 2.61 bits per heavy atom. The maximum absolute atomic E-state index is 6.19. The minimum atomic E-state index is 0. The van der Waals surface area contributed by atoms with E-state index >= 15 is 0 Å². The van der Waals surface area contributed by atoms with Gasteiger partial charge in [-0.2, -0.15) is 0 Å². The third-order valence-corrected chi connectivity index (χ3v) is 6.65. The van der Waals surface area contributed by atoms with Crippen molar-refractivity contribution in [2.75, 3.05) is 66.6 Å². The molecule has 1 aromatic rings. The van der Waals surface area contributed by atoms with Gasteiger partial charge in [-0.25, -0.2) is 0 Å². The van der Waals surface area contributed by atoms with E-state index in [1.807, 2.05) is 7.05 Å². The van der Waals surface area contributed by atoms with Gasteiger partial charge in [-0.05, 0) is 37.9 Å². The topological polar surface area (TPSA) is 61.4 Å². The molecule has 0 aliphatic carbocycles. The summed E-state index contributed by atoms with van der Waals surface area (Å²) in [5.74, 6) is 2.87. The summed E-state index contributed by atoms with van der Waals surface area (Å²) < 4.78 is 11.7. The zero-order valence-corrected chi connectivity index (χ0v) is 23.4. The van der Waals surface area contributed by atoms with Gasteiger partial charge in [0, 0.05) is 70.4 Å². The number of aliphatic imine (C=N–C) groups is 1. The Bertz CT molecular complexity index is 732. The van der Waals surface area contributed by atoms with E-state index in [0.29, 0.717) is 31.0 Å². The second-order valence-electron chi connectivity index (χ2n) is 9.61. The largest absolute Gasteiger partial charge is 0.493 e. The highest BCUT2D eigenvalue weighted by molar-refractivity contribution is 14.0. The van der Waals surface area contributed by atoms with Crippen molar-refractivity contribution in [3.8, 4) is 5.75 Å². The first-order chi connectivity index (χ1) is 15.5. The molecule has 2 N–H and O–H groups in total. The molecule has 2 unspecified atom stereocenters. The molecule has 2 heterocycles. The first kappa shape index (κ1) is 28.1. The highest BCUT2D eigenvalue weighted by Crippen LogP contribution is 2.22. The molecule has 33 heavy (non-hydrogen) atoms. The molecule has 0 spiro atoms. The van der Waals surface area contributed by atoms with E-state index in [2.05, 4.69) is 71.4 Å². The molecule has 1 aromatic carbocycles. The Morgan fingerprint density at radius 1 is 1.21 bits per heavy atom. The van der Waals surface area contributed by atoms with Crippen LogP contribution in [0.25, 0.3) is 0 Å². The SMILES string of the molecule is CN=C(NCc1ccc(C)cc1OCC1CCOC1)NCC(C(C)C)N1CCN(C)CC1.I. The normalized spacial score (nSPS) is 21.0. The van der Waals surface area contributed by atoms with Gasteiger partial charge in [-0.1, -0.05) is 26.0 Å². The van der Waals surface area contributed by atoms with Crippen LogP contribution in [0.4, 0.5) is 0 Å². The van der Waals surface area contributed by atoms with E-state index in [1.165, 1.54) is 5.56 Å². The van der Waals surface area contributed by atoms with Crippen LogP contribution in [0.2, 0.25) is 0 Å². The molecule has 188 valence electrons. The fourth-order valence-electron chi connectivity index (χ4n) is 4.41. The number of guanidine groups is 1. The Balaban J connectivity index is 0.00000385. The molecule has 3 rings (SSSR count). The highest BCUT2D eigenvalue weighted by Gasteiger charge is 2.25. The second kappa shape index (κ2) is 14.3. The predicted molar refractivity (Wildman–Crippen MR) is 147 cm³/mol. The average Bonchev–Trinajstić information content (AvgIpc) is 3.30. The molecule has 8 heteroatoms. The van der Waals surface area contributed by atoms with Crippen molar-refractivity contribution in [1.29, 1.82) is 0 Å². The zero-order valence-electron chi connectivity index (χ0n) is 21.1. The maximum Gasteiger partial charge on any atom is 0.191 e. The van der Waals surface area contributed by atoms with Gasteiger partial charge >= 0.3 is 0 Å². The van der Waals surface area contributed by atoms with Gasteiger partial charge in [-0.15, -0.1) is 24.0 Å². The van der Waals surface area contributed by atoms with Gasteiger partial charge in [0.25, 0.3) is 0 Å². The average molecular weight is 574 g/mol. The van der Waals surface area contributed by atoms with Crippen LogP contribution in [0.15, 0.2) is 23.2 Å². The smallest absolute Gasteiger partial charge is 0.191 e. The minimum absolute atomic E-state index is 0. The summed E-state index contributed by atoms with van der Waals surface area (Å²) in [5.41, 5.74) is 2.36. The number of nitrogens with one attached hydrogen (secondary N) is 2. The lowest BCUT2D eigenvalue weighted by Crippen LogP contribution is -2.55. The van der Waals surface area contributed by atoms with Crippen molar-refractivity contribution >= 4 is 29.9 Å². The van der Waals surface area contributed by atoms with E-state index < -0.39 is 0 Å². The lowest BCUT2D eigenvalue weighted by molar-refractivity contribution is 0.0900.